The predicted octanol–water partition coefficient (Wildman–Crippen LogP) is 1.24. The van der Waals surface area contributed by atoms with Crippen LogP contribution in [0.2, 0.25) is 0 Å². The molecule has 0 radical (unpaired) electrons. The Kier molecular flexibility index (Phi) is 3.68. The van der Waals surface area contributed by atoms with Gasteiger partial charge in [0.15, 0.2) is 5.78 Å². The van der Waals surface area contributed by atoms with E-state index in [4.69, 9.17) is 9.47 Å². The summed E-state index contributed by atoms with van der Waals surface area (Å²) in [6.45, 7) is 4.78. The van der Waals surface area contributed by atoms with Crippen LogP contribution < -0.4 is 0 Å². The van der Waals surface area contributed by atoms with E-state index in [1.165, 1.54) is 12.8 Å². The second-order valence-electron chi connectivity index (χ2n) is 5.76. The van der Waals surface area contributed by atoms with Gasteiger partial charge in [0.25, 0.3) is 0 Å². The monoisotopic (exact) mass is 253 g/mol. The number of nitrogens with zero attached hydrogens (tertiary/aromatic N) is 1. The molecule has 0 bridgehead atoms. The first kappa shape index (κ1) is 12.6. The zero-order chi connectivity index (χ0) is 12.4. The molecule has 0 aromatic carbocycles. The second kappa shape index (κ2) is 5.27. The molecule has 3 fully saturated rings. The Bertz CT molecular complexity index is 300. The van der Waals surface area contributed by atoms with E-state index >= 15 is 0 Å². The molecule has 2 heterocycles. The van der Waals surface area contributed by atoms with Crippen LogP contribution in [0.15, 0.2) is 0 Å². The highest BCUT2D eigenvalue weighted by Gasteiger charge is 2.48. The summed E-state index contributed by atoms with van der Waals surface area (Å²) in [5, 5.41) is 0. The lowest BCUT2D eigenvalue weighted by molar-refractivity contribution is -0.138. The minimum atomic E-state index is -0.178. The van der Waals surface area contributed by atoms with Crippen molar-refractivity contribution in [2.75, 3.05) is 39.5 Å². The summed E-state index contributed by atoms with van der Waals surface area (Å²) >= 11 is 0. The number of carbonyl (C=O) groups excluding carboxylic acids is 1. The molecular weight excluding hydrogens is 230 g/mol. The molecule has 4 nitrogen and oxygen atoms in total. The fraction of sp³-hybridized carbons (Fsp3) is 0.929. The van der Waals surface area contributed by atoms with Gasteiger partial charge in [0, 0.05) is 25.6 Å². The van der Waals surface area contributed by atoms with Crippen molar-refractivity contribution in [2.24, 2.45) is 5.92 Å². The van der Waals surface area contributed by atoms with Gasteiger partial charge in [-0.05, 0) is 19.3 Å². The van der Waals surface area contributed by atoms with Crippen LogP contribution in [0.25, 0.3) is 0 Å². The molecule has 2 aliphatic heterocycles. The van der Waals surface area contributed by atoms with Crippen LogP contribution in [0.1, 0.15) is 32.1 Å². The van der Waals surface area contributed by atoms with Crippen LogP contribution >= 0.6 is 0 Å². The zero-order valence-corrected chi connectivity index (χ0v) is 11.0. The lowest BCUT2D eigenvalue weighted by Crippen LogP contribution is -2.58. The van der Waals surface area contributed by atoms with Gasteiger partial charge in [0.1, 0.15) is 0 Å². The second-order valence-corrected chi connectivity index (χ2v) is 5.76. The van der Waals surface area contributed by atoms with Crippen LogP contribution in [-0.2, 0) is 14.3 Å². The van der Waals surface area contributed by atoms with Gasteiger partial charge in [0.2, 0.25) is 0 Å². The molecule has 1 unspecified atom stereocenters. The first-order valence-electron chi connectivity index (χ1n) is 7.28. The number of rotatable bonds is 3. The number of carbonyl (C=O) groups is 1. The minimum Gasteiger partial charge on any atom is -0.381 e. The molecule has 18 heavy (non-hydrogen) atoms. The van der Waals surface area contributed by atoms with E-state index in [0.29, 0.717) is 12.4 Å². The van der Waals surface area contributed by atoms with E-state index in [2.05, 4.69) is 4.90 Å². The van der Waals surface area contributed by atoms with Crippen LogP contribution in [0.4, 0.5) is 0 Å². The molecule has 3 aliphatic rings. The number of morpholine rings is 1. The van der Waals surface area contributed by atoms with Crippen molar-refractivity contribution in [2.45, 2.75) is 37.6 Å². The van der Waals surface area contributed by atoms with Gasteiger partial charge in [-0.25, -0.2) is 0 Å². The quantitative estimate of drug-likeness (QED) is 0.758. The molecule has 3 rings (SSSR count). The summed E-state index contributed by atoms with van der Waals surface area (Å²) in [5.41, 5.74) is -0.178. The average molecular weight is 253 g/mol. The topological polar surface area (TPSA) is 38.8 Å². The van der Waals surface area contributed by atoms with Gasteiger partial charge in [-0.15, -0.1) is 0 Å². The van der Waals surface area contributed by atoms with Crippen molar-refractivity contribution >= 4 is 5.78 Å². The van der Waals surface area contributed by atoms with Crippen molar-refractivity contribution in [3.63, 3.8) is 0 Å². The average Bonchev–Trinajstić information content (AvgIpc) is 3.11. The van der Waals surface area contributed by atoms with E-state index in [0.717, 1.165) is 52.2 Å². The Morgan fingerprint density at radius 2 is 1.78 bits per heavy atom. The molecule has 0 amide bonds. The van der Waals surface area contributed by atoms with E-state index in [1.54, 1.807) is 0 Å². The SMILES string of the molecule is O=C(C1CCOC1)C1(N2CCOCC2)CCCC1. The molecule has 0 aromatic rings. The third-order valence-corrected chi connectivity index (χ3v) is 4.81. The van der Waals surface area contributed by atoms with Crippen molar-refractivity contribution in [1.82, 2.24) is 4.90 Å². The number of Topliss-reactive ketones (excluding diaryl/α,β-unsaturated/α-hetero) is 1. The standard InChI is InChI=1S/C14H23NO3/c16-13(12-3-8-18-11-12)14(4-1-2-5-14)15-6-9-17-10-7-15/h12H,1-11H2. The summed E-state index contributed by atoms with van der Waals surface area (Å²) in [5.74, 6) is 0.602. The molecule has 0 spiro atoms. The Labute approximate surface area is 109 Å². The van der Waals surface area contributed by atoms with Crippen molar-refractivity contribution in [3.8, 4) is 0 Å². The predicted molar refractivity (Wildman–Crippen MR) is 67.5 cm³/mol. The number of ether oxygens (including phenoxy) is 2. The molecular formula is C14H23NO3. The van der Waals surface area contributed by atoms with Gasteiger partial charge in [-0.3, -0.25) is 9.69 Å². The highest BCUT2D eigenvalue weighted by molar-refractivity contribution is 5.91. The molecule has 0 N–H and O–H groups in total. The van der Waals surface area contributed by atoms with Gasteiger partial charge in [-0.1, -0.05) is 12.8 Å². The Hall–Kier alpha value is -0.450. The molecule has 0 aromatic heterocycles. The molecule has 4 heteroatoms. The smallest absolute Gasteiger partial charge is 0.158 e. The summed E-state index contributed by atoms with van der Waals surface area (Å²) in [4.78, 5) is 15.3. The van der Waals surface area contributed by atoms with E-state index < -0.39 is 0 Å². The van der Waals surface area contributed by atoms with Gasteiger partial charge >= 0.3 is 0 Å². The number of hydrogen-bond donors (Lipinski definition) is 0. The van der Waals surface area contributed by atoms with Crippen LogP contribution in [0, 0.1) is 5.92 Å². The minimum absolute atomic E-state index is 0.144. The summed E-state index contributed by atoms with van der Waals surface area (Å²) in [6.07, 6.45) is 5.39. The van der Waals surface area contributed by atoms with Gasteiger partial charge in [0.05, 0.1) is 25.4 Å². The molecule has 102 valence electrons. The maximum Gasteiger partial charge on any atom is 0.158 e. The Morgan fingerprint density at radius 1 is 1.06 bits per heavy atom. The maximum absolute atomic E-state index is 12.9. The highest BCUT2D eigenvalue weighted by atomic mass is 16.5. The van der Waals surface area contributed by atoms with E-state index in [1.807, 2.05) is 0 Å². The molecule has 2 saturated heterocycles. The fourth-order valence-corrected chi connectivity index (χ4v) is 3.79. The first-order valence-corrected chi connectivity index (χ1v) is 7.28. The molecule has 1 atom stereocenters. The summed E-state index contributed by atoms with van der Waals surface area (Å²) < 4.78 is 10.8. The van der Waals surface area contributed by atoms with Crippen molar-refractivity contribution in [1.29, 1.82) is 0 Å². The van der Waals surface area contributed by atoms with Crippen LogP contribution in [0.3, 0.4) is 0 Å². The first-order chi connectivity index (χ1) is 8.83. The lowest BCUT2D eigenvalue weighted by atomic mass is 9.82. The summed E-state index contributed by atoms with van der Waals surface area (Å²) in [7, 11) is 0. The molecule has 1 aliphatic carbocycles. The number of hydrogen-bond acceptors (Lipinski definition) is 4. The van der Waals surface area contributed by atoms with E-state index in [-0.39, 0.29) is 11.5 Å². The van der Waals surface area contributed by atoms with Crippen LogP contribution in [-0.4, -0.2) is 55.7 Å². The maximum atomic E-state index is 12.9. The zero-order valence-electron chi connectivity index (χ0n) is 11.0. The third-order valence-electron chi connectivity index (χ3n) is 4.81. The van der Waals surface area contributed by atoms with E-state index in [9.17, 15) is 4.79 Å². The van der Waals surface area contributed by atoms with Gasteiger partial charge < -0.3 is 9.47 Å². The number of ketones is 1. The van der Waals surface area contributed by atoms with Crippen molar-refractivity contribution < 1.29 is 14.3 Å². The Morgan fingerprint density at radius 3 is 2.39 bits per heavy atom. The third kappa shape index (κ3) is 2.10. The fourth-order valence-electron chi connectivity index (χ4n) is 3.79. The van der Waals surface area contributed by atoms with Crippen LogP contribution in [0.5, 0.6) is 0 Å². The normalized spacial score (nSPS) is 32.8. The highest BCUT2D eigenvalue weighted by Crippen LogP contribution is 2.39. The Balaban J connectivity index is 1.78. The van der Waals surface area contributed by atoms with Gasteiger partial charge in [-0.2, -0.15) is 0 Å². The molecule has 1 saturated carbocycles. The largest absolute Gasteiger partial charge is 0.381 e. The summed E-state index contributed by atoms with van der Waals surface area (Å²) in [6, 6.07) is 0. The van der Waals surface area contributed by atoms with Crippen molar-refractivity contribution in [3.05, 3.63) is 0 Å². The lowest BCUT2D eigenvalue weighted by Gasteiger charge is -2.43.